The lowest BCUT2D eigenvalue weighted by Crippen LogP contribution is -2.28. The van der Waals surface area contributed by atoms with Gasteiger partial charge in [-0.05, 0) is 13.0 Å². The van der Waals surface area contributed by atoms with Crippen LogP contribution in [-0.4, -0.2) is 36.0 Å². The Kier molecular flexibility index (Phi) is 4.36. The minimum Gasteiger partial charge on any atom is -0.508 e. The maximum atomic E-state index is 11.5. The fraction of sp³-hybridized carbons (Fsp3) is 0.250. The third kappa shape index (κ3) is 3.15. The van der Waals surface area contributed by atoms with E-state index in [4.69, 9.17) is 0 Å². The zero-order chi connectivity index (χ0) is 14.5. The van der Waals surface area contributed by atoms with Gasteiger partial charge in [0.25, 0.3) is 0 Å². The van der Waals surface area contributed by atoms with Crippen molar-refractivity contribution in [2.45, 2.75) is 6.92 Å². The number of thiazole rings is 1. The molecule has 0 bridgehead atoms. The molecule has 8 heteroatoms. The van der Waals surface area contributed by atoms with E-state index in [2.05, 4.69) is 25.6 Å². The van der Waals surface area contributed by atoms with Crippen molar-refractivity contribution in [3.8, 4) is 5.75 Å². The van der Waals surface area contributed by atoms with E-state index in [1.54, 1.807) is 6.07 Å². The number of fused-ring (bicyclic) bond motifs is 1. The number of carbonyl (C=O) groups excluding carboxylic acids is 1. The zero-order valence-electron chi connectivity index (χ0n) is 11.0. The van der Waals surface area contributed by atoms with Gasteiger partial charge in [-0.3, -0.25) is 5.32 Å². The van der Waals surface area contributed by atoms with Crippen molar-refractivity contribution in [2.75, 3.05) is 19.0 Å². The Hall–Kier alpha value is -2.35. The van der Waals surface area contributed by atoms with Crippen LogP contribution in [0.1, 0.15) is 12.5 Å². The normalized spacial score (nSPS) is 10.9. The molecule has 0 atom stereocenters. The van der Waals surface area contributed by atoms with Crippen LogP contribution in [-0.2, 0) is 4.84 Å². The Morgan fingerprint density at radius 3 is 3.10 bits per heavy atom. The smallest absolute Gasteiger partial charge is 0.321 e. The molecule has 0 fully saturated rings. The Bertz CT molecular complexity index is 653. The lowest BCUT2D eigenvalue weighted by atomic mass is 10.2. The number of nitrogens with one attached hydrogen (secondary N) is 2. The Morgan fingerprint density at radius 2 is 2.40 bits per heavy atom. The van der Waals surface area contributed by atoms with Gasteiger partial charge in [0.15, 0.2) is 5.13 Å². The summed E-state index contributed by atoms with van der Waals surface area (Å²) in [6.45, 7) is 2.36. The zero-order valence-corrected chi connectivity index (χ0v) is 11.8. The highest BCUT2D eigenvalue weighted by molar-refractivity contribution is 7.22. The van der Waals surface area contributed by atoms with Gasteiger partial charge in [-0.25, -0.2) is 9.78 Å². The number of phenolic OH excluding ortho intramolecular Hbond substituents is 1. The molecule has 1 aromatic carbocycles. The molecule has 0 saturated heterocycles. The lowest BCUT2D eigenvalue weighted by Gasteiger charge is -2.00. The minimum atomic E-state index is -0.317. The highest BCUT2D eigenvalue weighted by Gasteiger charge is 2.11. The largest absolute Gasteiger partial charge is 0.508 e. The maximum absolute atomic E-state index is 11.5. The number of phenols is 1. The number of carbonyl (C=O) groups is 1. The van der Waals surface area contributed by atoms with E-state index in [1.165, 1.54) is 30.7 Å². The summed E-state index contributed by atoms with van der Waals surface area (Å²) in [7, 11) is 1.44. The first-order valence-corrected chi connectivity index (χ1v) is 6.70. The monoisotopic (exact) mass is 294 g/mol. The van der Waals surface area contributed by atoms with Crippen molar-refractivity contribution in [3.63, 3.8) is 0 Å². The molecule has 0 saturated carbocycles. The predicted octanol–water partition coefficient (Wildman–Crippen LogP) is 2.12. The second kappa shape index (κ2) is 6.20. The summed E-state index contributed by atoms with van der Waals surface area (Å²) >= 11 is 1.30. The number of urea groups is 1. The number of amides is 2. The van der Waals surface area contributed by atoms with Gasteiger partial charge in [0, 0.05) is 18.2 Å². The van der Waals surface area contributed by atoms with Crippen molar-refractivity contribution < 1.29 is 14.7 Å². The van der Waals surface area contributed by atoms with E-state index in [0.717, 1.165) is 4.70 Å². The standard InChI is InChI=1S/C12H14N4O3S/c1-3-13-11(18)16-12-15-9-5-8(17)4-7(6-14-19-2)10(9)20-12/h4-6,17H,3H2,1-2H3,(H2,13,15,16,18). The minimum absolute atomic E-state index is 0.0740. The Labute approximate surface area is 119 Å². The summed E-state index contributed by atoms with van der Waals surface area (Å²) in [6.07, 6.45) is 1.48. The van der Waals surface area contributed by atoms with Crippen LogP contribution in [0, 0.1) is 0 Å². The summed E-state index contributed by atoms with van der Waals surface area (Å²) < 4.78 is 0.801. The van der Waals surface area contributed by atoms with Gasteiger partial charge in [0.2, 0.25) is 0 Å². The third-order valence-electron chi connectivity index (χ3n) is 2.36. The van der Waals surface area contributed by atoms with Crippen LogP contribution in [0.5, 0.6) is 5.75 Å². The van der Waals surface area contributed by atoms with Gasteiger partial charge >= 0.3 is 6.03 Å². The number of hydrogen-bond acceptors (Lipinski definition) is 6. The van der Waals surface area contributed by atoms with Gasteiger partial charge in [-0.15, -0.1) is 0 Å². The van der Waals surface area contributed by atoms with Crippen molar-refractivity contribution in [1.29, 1.82) is 0 Å². The molecule has 0 unspecified atom stereocenters. The van der Waals surface area contributed by atoms with Gasteiger partial charge in [0.1, 0.15) is 12.9 Å². The first-order valence-electron chi connectivity index (χ1n) is 5.89. The predicted molar refractivity (Wildman–Crippen MR) is 78.6 cm³/mol. The maximum Gasteiger partial charge on any atom is 0.321 e. The number of nitrogens with zero attached hydrogens (tertiary/aromatic N) is 2. The number of aromatic hydroxyl groups is 1. The van der Waals surface area contributed by atoms with Gasteiger partial charge in [-0.1, -0.05) is 16.5 Å². The van der Waals surface area contributed by atoms with Crippen LogP contribution in [0.25, 0.3) is 10.2 Å². The van der Waals surface area contributed by atoms with E-state index >= 15 is 0 Å². The molecule has 0 aliphatic rings. The van der Waals surface area contributed by atoms with Gasteiger partial charge in [-0.2, -0.15) is 0 Å². The van der Waals surface area contributed by atoms with Gasteiger partial charge < -0.3 is 15.3 Å². The SMILES string of the molecule is CCNC(=O)Nc1nc2cc(O)cc(C=NOC)c2s1. The number of oxime groups is 1. The van der Waals surface area contributed by atoms with Crippen molar-refractivity contribution in [3.05, 3.63) is 17.7 Å². The summed E-state index contributed by atoms with van der Waals surface area (Å²) in [5, 5.41) is 19.0. The van der Waals surface area contributed by atoms with Crippen LogP contribution in [0.4, 0.5) is 9.93 Å². The van der Waals surface area contributed by atoms with Crippen molar-refractivity contribution >= 4 is 38.9 Å². The summed E-state index contributed by atoms with van der Waals surface area (Å²) in [4.78, 5) is 20.3. The number of rotatable bonds is 4. The molecule has 2 aromatic rings. The van der Waals surface area contributed by atoms with Crippen LogP contribution >= 0.6 is 11.3 Å². The first-order chi connectivity index (χ1) is 9.63. The first kappa shape index (κ1) is 14.1. The van der Waals surface area contributed by atoms with E-state index < -0.39 is 0 Å². The number of benzene rings is 1. The van der Waals surface area contributed by atoms with Crippen LogP contribution in [0.3, 0.4) is 0 Å². The summed E-state index contributed by atoms with van der Waals surface area (Å²) in [5.41, 5.74) is 1.25. The molecular weight excluding hydrogens is 280 g/mol. The van der Waals surface area contributed by atoms with E-state index in [-0.39, 0.29) is 11.8 Å². The molecule has 0 radical (unpaired) electrons. The molecular formula is C12H14N4O3S. The number of anilines is 1. The van der Waals surface area contributed by atoms with E-state index in [1.807, 2.05) is 6.92 Å². The Balaban J connectivity index is 2.37. The summed E-state index contributed by atoms with van der Waals surface area (Å²) in [6, 6.07) is 2.76. The van der Waals surface area contributed by atoms with E-state index in [0.29, 0.717) is 22.8 Å². The molecule has 0 spiro atoms. The topological polar surface area (TPSA) is 95.8 Å². The van der Waals surface area contributed by atoms with E-state index in [9.17, 15) is 9.90 Å². The van der Waals surface area contributed by atoms with Crippen molar-refractivity contribution in [2.24, 2.45) is 5.16 Å². The average Bonchev–Trinajstić information content (AvgIpc) is 2.78. The molecule has 0 aliphatic carbocycles. The molecule has 2 rings (SSSR count). The fourth-order valence-corrected chi connectivity index (χ4v) is 2.52. The summed E-state index contributed by atoms with van der Waals surface area (Å²) in [5.74, 6) is 0.0740. The quantitative estimate of drug-likeness (QED) is 0.594. The van der Waals surface area contributed by atoms with Crippen LogP contribution in [0.2, 0.25) is 0 Å². The number of hydrogen-bond donors (Lipinski definition) is 3. The third-order valence-corrected chi connectivity index (χ3v) is 3.39. The molecule has 1 heterocycles. The second-order valence-electron chi connectivity index (χ2n) is 3.80. The Morgan fingerprint density at radius 1 is 1.60 bits per heavy atom. The average molecular weight is 294 g/mol. The van der Waals surface area contributed by atoms with Gasteiger partial charge in [0.05, 0.1) is 16.4 Å². The molecule has 3 N–H and O–H groups in total. The lowest BCUT2D eigenvalue weighted by molar-refractivity contribution is 0.215. The molecule has 106 valence electrons. The second-order valence-corrected chi connectivity index (χ2v) is 4.80. The van der Waals surface area contributed by atoms with Crippen LogP contribution in [0.15, 0.2) is 17.3 Å². The fourth-order valence-electron chi connectivity index (χ4n) is 1.60. The molecule has 7 nitrogen and oxygen atoms in total. The van der Waals surface area contributed by atoms with Crippen molar-refractivity contribution in [1.82, 2.24) is 10.3 Å². The highest BCUT2D eigenvalue weighted by atomic mass is 32.1. The molecule has 1 aromatic heterocycles. The molecule has 0 aliphatic heterocycles. The highest BCUT2D eigenvalue weighted by Crippen LogP contribution is 2.31. The molecule has 20 heavy (non-hydrogen) atoms. The van der Waals surface area contributed by atoms with Crippen LogP contribution < -0.4 is 10.6 Å². The molecule has 2 amide bonds. The number of aromatic nitrogens is 1.